The van der Waals surface area contributed by atoms with Gasteiger partial charge in [-0.05, 0) is 12.1 Å². The van der Waals surface area contributed by atoms with Crippen LogP contribution in [0.3, 0.4) is 0 Å². The molecule has 0 fully saturated rings. The number of benzene rings is 1. The maximum Gasteiger partial charge on any atom is 0.356 e. The molecule has 4 nitrogen and oxygen atoms in total. The Balaban J connectivity index is 3.03. The molecule has 7 heteroatoms. The molecular formula is C7H8F2N2O2S. The second-order valence-electron chi connectivity index (χ2n) is 2.44. The zero-order chi connectivity index (χ0) is 10.8. The van der Waals surface area contributed by atoms with Gasteiger partial charge < -0.3 is 0 Å². The summed E-state index contributed by atoms with van der Waals surface area (Å²) in [4.78, 5) is 0. The second kappa shape index (κ2) is 3.89. The maximum absolute atomic E-state index is 12.0. The monoisotopic (exact) mass is 222 g/mol. The SMILES string of the molecule is NN(c1ccccc1)S(=O)(=O)C(F)F. The second-order valence-corrected chi connectivity index (χ2v) is 4.22. The number of sulfonamides is 1. The van der Waals surface area contributed by atoms with E-state index >= 15 is 0 Å². The summed E-state index contributed by atoms with van der Waals surface area (Å²) in [5.74, 6) is 1.52. The highest BCUT2D eigenvalue weighted by atomic mass is 32.2. The van der Waals surface area contributed by atoms with Crippen molar-refractivity contribution in [2.75, 3.05) is 4.41 Å². The third-order valence-corrected chi connectivity index (χ3v) is 2.72. The van der Waals surface area contributed by atoms with Crippen molar-refractivity contribution in [2.24, 2.45) is 5.84 Å². The average Bonchev–Trinajstić information content (AvgIpc) is 2.17. The van der Waals surface area contributed by atoms with Crippen LogP contribution in [0.2, 0.25) is 0 Å². The lowest BCUT2D eigenvalue weighted by molar-refractivity contribution is 0.234. The molecule has 0 radical (unpaired) electrons. The van der Waals surface area contributed by atoms with Gasteiger partial charge in [0.1, 0.15) is 0 Å². The van der Waals surface area contributed by atoms with Crippen molar-refractivity contribution in [2.45, 2.75) is 5.76 Å². The predicted octanol–water partition coefficient (Wildman–Crippen LogP) is 0.919. The molecule has 0 atom stereocenters. The highest BCUT2D eigenvalue weighted by Gasteiger charge is 2.30. The fourth-order valence-corrected chi connectivity index (χ4v) is 1.39. The van der Waals surface area contributed by atoms with Crippen LogP contribution >= 0.6 is 0 Å². The molecule has 0 amide bonds. The summed E-state index contributed by atoms with van der Waals surface area (Å²) in [7, 11) is -4.75. The largest absolute Gasteiger partial charge is 0.356 e. The summed E-state index contributed by atoms with van der Waals surface area (Å²) in [6.07, 6.45) is 0. The summed E-state index contributed by atoms with van der Waals surface area (Å²) in [6, 6.07) is 7.25. The number of hydrogen-bond acceptors (Lipinski definition) is 3. The first-order chi connectivity index (χ1) is 6.46. The molecule has 1 aromatic rings. The van der Waals surface area contributed by atoms with E-state index in [1.54, 1.807) is 6.07 Å². The number of nitrogens with zero attached hydrogens (tertiary/aromatic N) is 1. The van der Waals surface area contributed by atoms with Gasteiger partial charge in [0.05, 0.1) is 5.69 Å². The summed E-state index contributed by atoms with van der Waals surface area (Å²) in [5, 5.41) is 0. The number of alkyl halides is 2. The quantitative estimate of drug-likeness (QED) is 0.611. The van der Waals surface area contributed by atoms with Crippen molar-refractivity contribution in [1.29, 1.82) is 0 Å². The minimum atomic E-state index is -4.75. The molecule has 0 spiro atoms. The number of para-hydroxylation sites is 1. The van der Waals surface area contributed by atoms with Crippen LogP contribution in [0.4, 0.5) is 14.5 Å². The van der Waals surface area contributed by atoms with Crippen LogP contribution in [0.5, 0.6) is 0 Å². The van der Waals surface area contributed by atoms with Crippen molar-refractivity contribution in [3.8, 4) is 0 Å². The van der Waals surface area contributed by atoms with Gasteiger partial charge in [-0.15, -0.1) is 0 Å². The molecule has 1 rings (SSSR count). The van der Waals surface area contributed by atoms with Crippen molar-refractivity contribution < 1.29 is 17.2 Å². The number of hydrogen-bond donors (Lipinski definition) is 1. The Morgan fingerprint density at radius 3 is 2.14 bits per heavy atom. The molecular weight excluding hydrogens is 214 g/mol. The minimum Gasteiger partial charge on any atom is -0.233 e. The average molecular weight is 222 g/mol. The highest BCUT2D eigenvalue weighted by Crippen LogP contribution is 2.17. The van der Waals surface area contributed by atoms with Crippen LogP contribution < -0.4 is 10.3 Å². The van der Waals surface area contributed by atoms with Crippen molar-refractivity contribution in [3.05, 3.63) is 30.3 Å². The van der Waals surface area contributed by atoms with Crippen LogP contribution in [0.15, 0.2) is 30.3 Å². The number of nitrogens with two attached hydrogens (primary N) is 1. The first-order valence-electron chi connectivity index (χ1n) is 3.58. The molecule has 0 bridgehead atoms. The Hall–Kier alpha value is -1.21. The van der Waals surface area contributed by atoms with Gasteiger partial charge in [0.2, 0.25) is 0 Å². The van der Waals surface area contributed by atoms with Gasteiger partial charge in [-0.2, -0.15) is 17.2 Å². The number of halogens is 2. The van der Waals surface area contributed by atoms with Gasteiger partial charge in [0, 0.05) is 0 Å². The van der Waals surface area contributed by atoms with Crippen LogP contribution in [-0.2, 0) is 10.0 Å². The molecule has 78 valence electrons. The lowest BCUT2D eigenvalue weighted by Gasteiger charge is -2.17. The van der Waals surface area contributed by atoms with Gasteiger partial charge >= 0.3 is 15.8 Å². The smallest absolute Gasteiger partial charge is 0.233 e. The lowest BCUT2D eigenvalue weighted by atomic mass is 10.3. The fourth-order valence-electron chi connectivity index (χ4n) is 0.808. The van der Waals surface area contributed by atoms with Crippen molar-refractivity contribution >= 4 is 15.7 Å². The molecule has 2 N–H and O–H groups in total. The van der Waals surface area contributed by atoms with E-state index in [4.69, 9.17) is 5.84 Å². The molecule has 0 unspecified atom stereocenters. The molecule has 0 saturated heterocycles. The molecule has 0 aliphatic rings. The number of rotatable bonds is 3. The van der Waals surface area contributed by atoms with E-state index in [0.717, 1.165) is 0 Å². The molecule has 0 aromatic heterocycles. The zero-order valence-electron chi connectivity index (χ0n) is 6.97. The predicted molar refractivity (Wildman–Crippen MR) is 48.0 cm³/mol. The van der Waals surface area contributed by atoms with E-state index in [1.807, 2.05) is 0 Å². The first-order valence-corrected chi connectivity index (χ1v) is 5.08. The van der Waals surface area contributed by atoms with Crippen LogP contribution in [0.1, 0.15) is 0 Å². The Bertz CT molecular complexity index is 393. The van der Waals surface area contributed by atoms with Crippen LogP contribution in [0.25, 0.3) is 0 Å². The molecule has 0 aliphatic carbocycles. The third-order valence-electron chi connectivity index (χ3n) is 1.51. The van der Waals surface area contributed by atoms with E-state index in [-0.39, 0.29) is 10.1 Å². The van der Waals surface area contributed by atoms with E-state index in [1.165, 1.54) is 24.3 Å². The fraction of sp³-hybridized carbons (Fsp3) is 0.143. The van der Waals surface area contributed by atoms with Crippen molar-refractivity contribution in [1.82, 2.24) is 0 Å². The van der Waals surface area contributed by atoms with E-state index < -0.39 is 15.8 Å². The van der Waals surface area contributed by atoms with Crippen molar-refractivity contribution in [3.63, 3.8) is 0 Å². The van der Waals surface area contributed by atoms with E-state index in [9.17, 15) is 17.2 Å². The summed E-state index contributed by atoms with van der Waals surface area (Å²) < 4.78 is 45.9. The molecule has 0 saturated carbocycles. The minimum absolute atomic E-state index is 0.00667. The van der Waals surface area contributed by atoms with Gasteiger partial charge in [0.15, 0.2) is 0 Å². The summed E-state index contributed by atoms with van der Waals surface area (Å²) >= 11 is 0. The first kappa shape index (κ1) is 10.9. The van der Waals surface area contributed by atoms with Crippen LogP contribution in [-0.4, -0.2) is 14.2 Å². The van der Waals surface area contributed by atoms with Gasteiger partial charge in [-0.3, -0.25) is 0 Å². The summed E-state index contributed by atoms with van der Waals surface area (Å²) in [5.41, 5.74) is -0.00667. The topological polar surface area (TPSA) is 63.4 Å². The summed E-state index contributed by atoms with van der Waals surface area (Å²) in [6.45, 7) is 0. The van der Waals surface area contributed by atoms with Crippen LogP contribution in [0, 0.1) is 0 Å². The van der Waals surface area contributed by atoms with E-state index in [2.05, 4.69) is 0 Å². The Morgan fingerprint density at radius 1 is 1.21 bits per heavy atom. The standard InChI is InChI=1S/C7H8F2N2O2S/c8-7(9)14(12,13)11(10)6-4-2-1-3-5-6/h1-5,7H,10H2. The van der Waals surface area contributed by atoms with Gasteiger partial charge in [0.25, 0.3) is 0 Å². The lowest BCUT2D eigenvalue weighted by Crippen LogP contribution is -2.40. The molecule has 0 heterocycles. The Morgan fingerprint density at radius 2 is 1.71 bits per heavy atom. The third kappa shape index (κ3) is 1.99. The highest BCUT2D eigenvalue weighted by molar-refractivity contribution is 7.92. The number of hydrazine groups is 1. The van der Waals surface area contributed by atoms with Gasteiger partial charge in [-0.1, -0.05) is 18.2 Å². The molecule has 0 aliphatic heterocycles. The van der Waals surface area contributed by atoms with E-state index in [0.29, 0.717) is 0 Å². The normalized spacial score (nSPS) is 11.7. The molecule has 14 heavy (non-hydrogen) atoms. The maximum atomic E-state index is 12.0. The Kier molecular flexibility index (Phi) is 3.02. The number of anilines is 1. The zero-order valence-corrected chi connectivity index (χ0v) is 7.79. The van der Waals surface area contributed by atoms with Gasteiger partial charge in [-0.25, -0.2) is 10.3 Å². The molecule has 1 aromatic carbocycles. The Labute approximate surface area is 80.0 Å².